The van der Waals surface area contributed by atoms with Gasteiger partial charge in [0.1, 0.15) is 11.3 Å². The highest BCUT2D eigenvalue weighted by Gasteiger charge is 2.13. The molecule has 1 atom stereocenters. The number of nitrogens with zero attached hydrogens (tertiary/aromatic N) is 1. The van der Waals surface area contributed by atoms with Crippen LogP contribution in [0, 0.1) is 0 Å². The van der Waals surface area contributed by atoms with Crippen LogP contribution in [0.1, 0.15) is 18.1 Å². The van der Waals surface area contributed by atoms with Crippen LogP contribution >= 0.6 is 11.3 Å². The van der Waals surface area contributed by atoms with Crippen molar-refractivity contribution in [2.75, 3.05) is 0 Å². The molecule has 5 heteroatoms. The van der Waals surface area contributed by atoms with Gasteiger partial charge in [-0.3, -0.25) is 5.10 Å². The molecule has 0 radical (unpaired) electrons. The van der Waals surface area contributed by atoms with Crippen molar-refractivity contribution in [1.29, 1.82) is 0 Å². The van der Waals surface area contributed by atoms with E-state index in [2.05, 4.69) is 51.4 Å². The zero-order valence-electron chi connectivity index (χ0n) is 13.5. The van der Waals surface area contributed by atoms with Gasteiger partial charge in [-0.2, -0.15) is 16.4 Å². The van der Waals surface area contributed by atoms with Crippen molar-refractivity contribution < 1.29 is 4.42 Å². The van der Waals surface area contributed by atoms with Gasteiger partial charge in [-0.15, -0.1) is 0 Å². The van der Waals surface area contributed by atoms with Crippen molar-refractivity contribution in [3.63, 3.8) is 0 Å². The van der Waals surface area contributed by atoms with Crippen molar-refractivity contribution >= 4 is 22.3 Å². The summed E-state index contributed by atoms with van der Waals surface area (Å²) in [6.07, 6.45) is 2.90. The van der Waals surface area contributed by atoms with E-state index >= 15 is 0 Å². The Balaban J connectivity index is 1.48. The lowest BCUT2D eigenvalue weighted by atomic mass is 10.1. The first-order valence-corrected chi connectivity index (χ1v) is 8.99. The van der Waals surface area contributed by atoms with Gasteiger partial charge in [-0.1, -0.05) is 18.2 Å². The van der Waals surface area contributed by atoms with E-state index in [1.807, 2.05) is 24.4 Å². The predicted octanol–water partition coefficient (Wildman–Crippen LogP) is 4.61. The van der Waals surface area contributed by atoms with Crippen LogP contribution in [-0.2, 0) is 13.0 Å². The molecule has 24 heavy (non-hydrogen) atoms. The van der Waals surface area contributed by atoms with Crippen molar-refractivity contribution in [2.24, 2.45) is 0 Å². The van der Waals surface area contributed by atoms with E-state index in [0.29, 0.717) is 6.04 Å². The van der Waals surface area contributed by atoms with E-state index in [9.17, 15) is 0 Å². The molecule has 1 unspecified atom stereocenters. The summed E-state index contributed by atoms with van der Waals surface area (Å²) < 4.78 is 5.95. The molecule has 0 saturated carbocycles. The highest BCUT2D eigenvalue weighted by molar-refractivity contribution is 7.07. The maximum absolute atomic E-state index is 5.95. The van der Waals surface area contributed by atoms with Gasteiger partial charge in [-0.25, -0.2) is 0 Å². The van der Waals surface area contributed by atoms with Crippen LogP contribution in [0.15, 0.2) is 57.8 Å². The van der Waals surface area contributed by atoms with Crippen molar-refractivity contribution in [2.45, 2.75) is 25.9 Å². The second-order valence-electron chi connectivity index (χ2n) is 6.04. The molecule has 3 heterocycles. The first kappa shape index (κ1) is 15.2. The van der Waals surface area contributed by atoms with Gasteiger partial charge in [0, 0.05) is 23.5 Å². The number of fused-ring (bicyclic) bond motifs is 1. The average Bonchev–Trinajstić information content (AvgIpc) is 3.32. The number of benzene rings is 1. The highest BCUT2D eigenvalue weighted by atomic mass is 32.1. The van der Waals surface area contributed by atoms with E-state index in [-0.39, 0.29) is 0 Å². The molecule has 0 aliphatic heterocycles. The van der Waals surface area contributed by atoms with Crippen LogP contribution in [0.4, 0.5) is 0 Å². The first-order valence-electron chi connectivity index (χ1n) is 8.05. The number of H-pyrrole nitrogens is 1. The maximum Gasteiger partial charge on any atom is 0.153 e. The summed E-state index contributed by atoms with van der Waals surface area (Å²) in [5, 5.41) is 16.3. The second kappa shape index (κ2) is 6.63. The number of para-hydroxylation sites is 1. The second-order valence-corrected chi connectivity index (χ2v) is 6.82. The van der Waals surface area contributed by atoms with E-state index in [1.165, 1.54) is 5.56 Å². The normalized spacial score (nSPS) is 12.7. The fourth-order valence-corrected chi connectivity index (χ4v) is 3.56. The lowest BCUT2D eigenvalue weighted by Crippen LogP contribution is -2.27. The number of aromatic nitrogens is 2. The molecule has 0 spiro atoms. The third-order valence-electron chi connectivity index (χ3n) is 4.15. The van der Waals surface area contributed by atoms with Gasteiger partial charge < -0.3 is 9.73 Å². The molecule has 0 bridgehead atoms. The topological polar surface area (TPSA) is 53.9 Å². The van der Waals surface area contributed by atoms with Crippen LogP contribution in [0.3, 0.4) is 0 Å². The molecule has 0 aliphatic rings. The summed E-state index contributed by atoms with van der Waals surface area (Å²) in [6, 6.07) is 12.7. The average molecular weight is 337 g/mol. The van der Waals surface area contributed by atoms with Crippen LogP contribution < -0.4 is 5.32 Å². The van der Waals surface area contributed by atoms with Gasteiger partial charge in [0.05, 0.1) is 6.20 Å². The van der Waals surface area contributed by atoms with Crippen molar-refractivity contribution in [3.8, 4) is 11.5 Å². The molecule has 4 rings (SSSR count). The molecular weight excluding hydrogens is 318 g/mol. The Hall–Kier alpha value is -2.37. The largest absolute Gasteiger partial charge is 0.454 e. The number of rotatable bonds is 6. The Bertz CT molecular complexity index is 890. The zero-order chi connectivity index (χ0) is 16.4. The van der Waals surface area contributed by atoms with Crippen molar-refractivity contribution in [1.82, 2.24) is 15.5 Å². The molecule has 1 aromatic carbocycles. The molecule has 4 nitrogen and oxygen atoms in total. The van der Waals surface area contributed by atoms with Crippen LogP contribution in [-0.4, -0.2) is 16.2 Å². The monoisotopic (exact) mass is 337 g/mol. The molecule has 0 saturated heterocycles. The molecule has 2 N–H and O–H groups in total. The van der Waals surface area contributed by atoms with E-state index in [1.54, 1.807) is 11.3 Å². The van der Waals surface area contributed by atoms with Gasteiger partial charge >= 0.3 is 0 Å². The summed E-state index contributed by atoms with van der Waals surface area (Å²) in [6.45, 7) is 2.97. The van der Waals surface area contributed by atoms with Crippen molar-refractivity contribution in [3.05, 3.63) is 64.5 Å². The number of aromatic amines is 1. The van der Waals surface area contributed by atoms with Crippen LogP contribution in [0.5, 0.6) is 0 Å². The number of thiophene rings is 1. The summed E-state index contributed by atoms with van der Waals surface area (Å²) in [4.78, 5) is 0. The Morgan fingerprint density at radius 3 is 3.04 bits per heavy atom. The molecule has 4 aromatic rings. The lowest BCUT2D eigenvalue weighted by molar-refractivity contribution is 0.545. The number of furan rings is 1. The highest BCUT2D eigenvalue weighted by Crippen LogP contribution is 2.28. The fourth-order valence-electron chi connectivity index (χ4n) is 2.88. The summed E-state index contributed by atoms with van der Waals surface area (Å²) in [5.41, 5.74) is 4.34. The van der Waals surface area contributed by atoms with Gasteiger partial charge in [-0.05, 0) is 47.9 Å². The van der Waals surface area contributed by atoms with E-state index < -0.39 is 0 Å². The van der Waals surface area contributed by atoms with Gasteiger partial charge in [0.15, 0.2) is 5.76 Å². The zero-order valence-corrected chi connectivity index (χ0v) is 14.3. The summed E-state index contributed by atoms with van der Waals surface area (Å²) >= 11 is 1.74. The molecule has 0 fully saturated rings. The maximum atomic E-state index is 5.95. The molecule has 0 amide bonds. The molecular formula is C19H19N3OS. The Labute approximate surface area is 144 Å². The Morgan fingerprint density at radius 1 is 1.29 bits per heavy atom. The minimum absolute atomic E-state index is 0.401. The first-order chi connectivity index (χ1) is 11.8. The van der Waals surface area contributed by atoms with Crippen LogP contribution in [0.25, 0.3) is 22.4 Å². The smallest absolute Gasteiger partial charge is 0.153 e. The SMILES string of the molecule is CC(Cc1ccsc1)NCc1cn[nH]c1-c1cc2ccccc2o1. The predicted molar refractivity (Wildman–Crippen MR) is 98.1 cm³/mol. The van der Waals surface area contributed by atoms with Crippen LogP contribution in [0.2, 0.25) is 0 Å². The quantitative estimate of drug-likeness (QED) is 0.540. The number of hydrogen-bond donors (Lipinski definition) is 2. The molecule has 122 valence electrons. The fraction of sp³-hybridized carbons (Fsp3) is 0.211. The lowest BCUT2D eigenvalue weighted by Gasteiger charge is -2.12. The minimum Gasteiger partial charge on any atom is -0.454 e. The standard InChI is InChI=1S/C19H19N3OS/c1-13(8-14-6-7-24-12-14)20-10-16-11-21-22-19(16)18-9-15-4-2-3-5-17(15)23-18/h2-7,9,11-13,20H,8,10H2,1H3,(H,21,22). The third-order valence-corrected chi connectivity index (χ3v) is 4.88. The molecule has 3 aromatic heterocycles. The Morgan fingerprint density at radius 2 is 2.21 bits per heavy atom. The summed E-state index contributed by atoms with van der Waals surface area (Å²) in [7, 11) is 0. The number of hydrogen-bond acceptors (Lipinski definition) is 4. The third kappa shape index (κ3) is 3.13. The van der Waals surface area contributed by atoms with E-state index in [4.69, 9.17) is 4.42 Å². The number of nitrogens with one attached hydrogen (secondary N) is 2. The summed E-state index contributed by atoms with van der Waals surface area (Å²) in [5.74, 6) is 0.830. The van der Waals surface area contributed by atoms with Gasteiger partial charge in [0.25, 0.3) is 0 Å². The van der Waals surface area contributed by atoms with E-state index in [0.717, 1.165) is 41.0 Å². The Kier molecular flexibility index (Phi) is 4.19. The minimum atomic E-state index is 0.401. The van der Waals surface area contributed by atoms with Gasteiger partial charge in [0.2, 0.25) is 0 Å². The molecule has 0 aliphatic carbocycles.